The fourth-order valence-corrected chi connectivity index (χ4v) is 8.62. The fourth-order valence-electron chi connectivity index (χ4n) is 8.62. The van der Waals surface area contributed by atoms with E-state index in [9.17, 15) is 10.1 Å². The Hall–Kier alpha value is -0.640. The molecule has 0 radical (unpaired) electrons. The van der Waals surface area contributed by atoms with E-state index in [4.69, 9.17) is 0 Å². The molecule has 0 aromatic rings. The van der Waals surface area contributed by atoms with E-state index in [-0.39, 0.29) is 16.4 Å². The summed E-state index contributed by atoms with van der Waals surface area (Å²) in [5.74, 6) is 3.03. The van der Waals surface area contributed by atoms with Crippen LogP contribution in [-0.2, 0) is 0 Å². The zero-order chi connectivity index (χ0) is 20.6. The monoisotopic (exact) mass is 404 g/mol. The molecular formula is C25H44N2O2. The summed E-state index contributed by atoms with van der Waals surface area (Å²) < 4.78 is 0. The highest BCUT2D eigenvalue weighted by Gasteiger charge is 2.63. The number of rotatable bonds is 7. The maximum Gasteiger partial charge on any atom is 0.218 e. The van der Waals surface area contributed by atoms with Gasteiger partial charge in [-0.1, -0.05) is 40.0 Å². The van der Waals surface area contributed by atoms with E-state index in [1.54, 1.807) is 0 Å². The summed E-state index contributed by atoms with van der Waals surface area (Å²) in [5, 5.41) is 15.6. The first kappa shape index (κ1) is 21.6. The maximum absolute atomic E-state index is 11.7. The molecule has 0 saturated heterocycles. The first-order valence-electron chi connectivity index (χ1n) is 12.8. The second-order valence-electron chi connectivity index (χ2n) is 11.6. The molecule has 29 heavy (non-hydrogen) atoms. The lowest BCUT2D eigenvalue weighted by molar-refractivity contribution is -0.540. The lowest BCUT2D eigenvalue weighted by Gasteiger charge is -2.60. The number of nitrogens with zero attached hydrogens (tertiary/aromatic N) is 1. The van der Waals surface area contributed by atoms with Crippen LogP contribution in [0.25, 0.3) is 0 Å². The second kappa shape index (κ2) is 8.48. The summed E-state index contributed by atoms with van der Waals surface area (Å²) in [6, 6.07) is 0.442. The number of nitro groups is 1. The van der Waals surface area contributed by atoms with Crippen molar-refractivity contribution in [2.75, 3.05) is 6.54 Å². The summed E-state index contributed by atoms with van der Waals surface area (Å²) in [7, 11) is 0. The Kier molecular flexibility index (Phi) is 6.31. The normalized spacial score (nSPS) is 46.6. The average Bonchev–Trinajstić information content (AvgIpc) is 3.05. The Morgan fingerprint density at radius 1 is 0.931 bits per heavy atom. The van der Waals surface area contributed by atoms with Crippen LogP contribution in [0.15, 0.2) is 0 Å². The Morgan fingerprint density at radius 2 is 1.69 bits per heavy atom. The Balaban J connectivity index is 1.38. The van der Waals surface area contributed by atoms with Gasteiger partial charge in [-0.3, -0.25) is 10.1 Å². The van der Waals surface area contributed by atoms with E-state index in [0.717, 1.165) is 43.1 Å². The van der Waals surface area contributed by atoms with Crippen molar-refractivity contribution >= 4 is 0 Å². The number of fused-ring (bicyclic) bond motifs is 5. The second-order valence-corrected chi connectivity index (χ2v) is 11.6. The molecule has 0 amide bonds. The van der Waals surface area contributed by atoms with Crippen LogP contribution in [0.1, 0.15) is 104 Å². The van der Waals surface area contributed by atoms with E-state index in [0.29, 0.717) is 11.3 Å². The van der Waals surface area contributed by atoms with Gasteiger partial charge >= 0.3 is 0 Å². The zero-order valence-electron chi connectivity index (χ0n) is 19.1. The lowest BCUT2D eigenvalue weighted by Crippen LogP contribution is -2.56. The van der Waals surface area contributed by atoms with Crippen LogP contribution < -0.4 is 5.32 Å². The van der Waals surface area contributed by atoms with Gasteiger partial charge in [-0.2, -0.15) is 0 Å². The molecule has 8 atom stereocenters. The van der Waals surface area contributed by atoms with Gasteiger partial charge in [0.1, 0.15) is 0 Å². The van der Waals surface area contributed by atoms with Crippen LogP contribution >= 0.6 is 0 Å². The van der Waals surface area contributed by atoms with Gasteiger partial charge < -0.3 is 5.32 Å². The predicted octanol–water partition coefficient (Wildman–Crippen LogP) is 6.21. The smallest absolute Gasteiger partial charge is 0.218 e. The van der Waals surface area contributed by atoms with E-state index in [2.05, 4.69) is 26.1 Å². The number of hydrogen-bond donors (Lipinski definition) is 1. The molecule has 0 unspecified atom stereocenters. The number of nitrogens with one attached hydrogen (secondary N) is 1. The molecule has 0 aromatic heterocycles. The minimum Gasteiger partial charge on any atom is -0.314 e. The quantitative estimate of drug-likeness (QED) is 0.312. The summed E-state index contributed by atoms with van der Waals surface area (Å²) in [6.07, 6.45) is 16.4. The SMILES string of the molecule is CCCCCCN[C@@H]1CC[C@@]2(C)[C@@H](CC[C@@H]3[C@@H]2CC[C@]2(C)[C@@H]([N+](=O)[O-])CC[C@@H]32)C1. The van der Waals surface area contributed by atoms with Crippen LogP contribution in [0.2, 0.25) is 0 Å². The highest BCUT2D eigenvalue weighted by Crippen LogP contribution is 2.66. The van der Waals surface area contributed by atoms with Crippen molar-refractivity contribution in [2.45, 2.75) is 116 Å². The van der Waals surface area contributed by atoms with Gasteiger partial charge in [-0.05, 0) is 93.4 Å². The Labute approximate surface area is 178 Å². The van der Waals surface area contributed by atoms with Crippen molar-refractivity contribution in [1.82, 2.24) is 5.32 Å². The number of hydrogen-bond acceptors (Lipinski definition) is 3. The molecule has 4 saturated carbocycles. The van der Waals surface area contributed by atoms with E-state index >= 15 is 0 Å². The predicted molar refractivity (Wildman–Crippen MR) is 118 cm³/mol. The summed E-state index contributed by atoms with van der Waals surface area (Å²) >= 11 is 0. The first-order chi connectivity index (χ1) is 13.9. The Morgan fingerprint density at radius 3 is 2.45 bits per heavy atom. The van der Waals surface area contributed by atoms with Crippen molar-refractivity contribution < 1.29 is 4.92 Å². The highest BCUT2D eigenvalue weighted by atomic mass is 16.6. The molecule has 4 fully saturated rings. The van der Waals surface area contributed by atoms with Crippen LogP contribution in [-0.4, -0.2) is 23.6 Å². The van der Waals surface area contributed by atoms with Crippen molar-refractivity contribution in [3.8, 4) is 0 Å². The maximum atomic E-state index is 11.7. The summed E-state index contributed by atoms with van der Waals surface area (Å²) in [5.41, 5.74) is 0.447. The average molecular weight is 405 g/mol. The standard InChI is InChI=1S/C25H44N2O2/c1-4-5-6-7-16-26-19-12-14-24(2)18(17-19)8-9-20-21-10-11-23(27(28)29)25(21,3)15-13-22(20)24/h18-23,26H,4-17H2,1-3H3/t18-,19+,20-,21-,22-,23-,24-,25-/m0/s1. The molecule has 4 rings (SSSR count). The summed E-state index contributed by atoms with van der Waals surface area (Å²) in [4.78, 5) is 11.8. The van der Waals surface area contributed by atoms with Gasteiger partial charge in [-0.25, -0.2) is 0 Å². The minimum atomic E-state index is -0.286. The first-order valence-corrected chi connectivity index (χ1v) is 12.8. The van der Waals surface area contributed by atoms with E-state index in [1.165, 1.54) is 70.8 Å². The zero-order valence-corrected chi connectivity index (χ0v) is 19.1. The van der Waals surface area contributed by atoms with Crippen molar-refractivity contribution in [1.29, 1.82) is 0 Å². The van der Waals surface area contributed by atoms with Gasteiger partial charge in [0.05, 0.1) is 0 Å². The molecule has 4 aliphatic carbocycles. The molecule has 0 aliphatic heterocycles. The topological polar surface area (TPSA) is 55.2 Å². The largest absolute Gasteiger partial charge is 0.314 e. The van der Waals surface area contributed by atoms with Gasteiger partial charge in [0.2, 0.25) is 6.04 Å². The summed E-state index contributed by atoms with van der Waals surface area (Å²) in [6.45, 7) is 8.35. The van der Waals surface area contributed by atoms with Crippen molar-refractivity contribution in [3.63, 3.8) is 0 Å². The molecule has 4 aliphatic rings. The Bertz CT molecular complexity index is 595. The van der Waals surface area contributed by atoms with Gasteiger partial charge in [0.25, 0.3) is 0 Å². The number of unbranched alkanes of at least 4 members (excludes halogenated alkanes) is 3. The molecule has 0 heterocycles. The van der Waals surface area contributed by atoms with E-state index < -0.39 is 0 Å². The molecule has 1 N–H and O–H groups in total. The van der Waals surface area contributed by atoms with Gasteiger partial charge in [0.15, 0.2) is 0 Å². The third-order valence-electron chi connectivity index (χ3n) is 10.3. The van der Waals surface area contributed by atoms with Crippen molar-refractivity contribution in [3.05, 3.63) is 10.1 Å². The molecule has 0 bridgehead atoms. The van der Waals surface area contributed by atoms with Crippen LogP contribution in [0.3, 0.4) is 0 Å². The van der Waals surface area contributed by atoms with Crippen LogP contribution in [0, 0.1) is 44.6 Å². The minimum absolute atomic E-state index is 0.0366. The fraction of sp³-hybridized carbons (Fsp3) is 1.00. The van der Waals surface area contributed by atoms with Gasteiger partial charge in [-0.15, -0.1) is 0 Å². The van der Waals surface area contributed by atoms with Crippen LogP contribution in [0.4, 0.5) is 0 Å². The molecule has 4 heteroatoms. The molecule has 4 nitrogen and oxygen atoms in total. The lowest BCUT2D eigenvalue weighted by atomic mass is 9.45. The third-order valence-corrected chi connectivity index (χ3v) is 10.3. The molecular weight excluding hydrogens is 360 g/mol. The van der Waals surface area contributed by atoms with Gasteiger partial charge in [0, 0.05) is 22.8 Å². The molecule has 0 spiro atoms. The van der Waals surface area contributed by atoms with E-state index in [1.807, 2.05) is 0 Å². The molecule has 166 valence electrons. The highest BCUT2D eigenvalue weighted by molar-refractivity contribution is 5.09. The molecule has 0 aromatic carbocycles. The van der Waals surface area contributed by atoms with Crippen LogP contribution in [0.5, 0.6) is 0 Å². The van der Waals surface area contributed by atoms with Crippen molar-refractivity contribution in [2.24, 2.45) is 34.5 Å². The third kappa shape index (κ3) is 3.77.